The maximum Gasteiger partial charge on any atom is 0.257 e. The minimum Gasteiger partial charge on any atom is -0.247 e. The van der Waals surface area contributed by atoms with Crippen molar-refractivity contribution in [1.82, 2.24) is 4.98 Å². The van der Waals surface area contributed by atoms with Gasteiger partial charge in [-0.25, -0.2) is 9.55 Å². The minimum atomic E-state index is 0.621. The van der Waals surface area contributed by atoms with Crippen LogP contribution >= 0.6 is 0 Å². The van der Waals surface area contributed by atoms with Crippen LogP contribution in [0.2, 0.25) is 0 Å². The van der Waals surface area contributed by atoms with Crippen molar-refractivity contribution in [3.8, 4) is 0 Å². The van der Waals surface area contributed by atoms with Crippen LogP contribution in [-0.2, 0) is 0 Å². The lowest BCUT2D eigenvalue weighted by molar-refractivity contribution is -0.727. The van der Waals surface area contributed by atoms with Crippen molar-refractivity contribution in [2.24, 2.45) is 0 Å². The van der Waals surface area contributed by atoms with Crippen LogP contribution in [0, 0.1) is 0 Å². The lowest BCUT2D eigenvalue weighted by Crippen LogP contribution is -2.41. The predicted molar refractivity (Wildman–Crippen MR) is 166 cm³/mol. The molecule has 2 unspecified atom stereocenters. The van der Waals surface area contributed by atoms with Crippen molar-refractivity contribution >= 4 is 0 Å². The molecule has 0 aliphatic heterocycles. The molecule has 218 valence electrons. The lowest BCUT2D eigenvalue weighted by Gasteiger charge is -2.16. The van der Waals surface area contributed by atoms with E-state index in [1.54, 1.807) is 0 Å². The largest absolute Gasteiger partial charge is 0.257 e. The van der Waals surface area contributed by atoms with Gasteiger partial charge in [-0.3, -0.25) is 0 Å². The second kappa shape index (κ2) is 25.5. The van der Waals surface area contributed by atoms with Crippen LogP contribution < -0.4 is 4.57 Å². The van der Waals surface area contributed by atoms with Gasteiger partial charge in [0.25, 0.3) is 5.82 Å². The molecular weight excluding hydrogens is 448 g/mol. The molecule has 1 heterocycles. The summed E-state index contributed by atoms with van der Waals surface area (Å²) in [5.74, 6) is 2.18. The third-order valence-corrected chi connectivity index (χ3v) is 8.73. The zero-order chi connectivity index (χ0) is 26.8. The molecule has 0 aliphatic rings. The lowest BCUT2D eigenvalue weighted by atomic mass is 9.96. The maximum absolute atomic E-state index is 3.63. The molecule has 0 amide bonds. The molecule has 37 heavy (non-hydrogen) atoms. The molecule has 0 bridgehead atoms. The van der Waals surface area contributed by atoms with E-state index in [1.165, 1.54) is 173 Å². The van der Waals surface area contributed by atoms with Crippen LogP contribution in [0.25, 0.3) is 0 Å². The summed E-state index contributed by atoms with van der Waals surface area (Å²) in [7, 11) is 0. The molecule has 1 aromatic heterocycles. The maximum atomic E-state index is 3.63. The van der Waals surface area contributed by atoms with Crippen molar-refractivity contribution in [3.63, 3.8) is 0 Å². The molecule has 0 saturated heterocycles. The van der Waals surface area contributed by atoms with E-state index in [4.69, 9.17) is 0 Å². The van der Waals surface area contributed by atoms with E-state index >= 15 is 0 Å². The topological polar surface area (TPSA) is 19.7 Å². The van der Waals surface area contributed by atoms with Crippen LogP contribution in [0.3, 0.4) is 0 Å². The highest BCUT2D eigenvalue weighted by Crippen LogP contribution is 2.24. The van der Waals surface area contributed by atoms with E-state index in [0.717, 1.165) is 0 Å². The van der Waals surface area contributed by atoms with E-state index in [9.17, 15) is 0 Å². The molecule has 1 rings (SSSR count). The van der Waals surface area contributed by atoms with E-state index in [-0.39, 0.29) is 0 Å². The number of unbranched alkanes of at least 4 members (excludes halogenated alkanes) is 21. The van der Waals surface area contributed by atoms with Gasteiger partial charge in [-0.1, -0.05) is 162 Å². The number of hydrogen-bond acceptors (Lipinski definition) is 0. The van der Waals surface area contributed by atoms with Crippen molar-refractivity contribution in [2.45, 2.75) is 207 Å². The number of aromatic nitrogens is 2. The van der Waals surface area contributed by atoms with Crippen molar-refractivity contribution in [3.05, 3.63) is 18.2 Å². The number of nitrogens with zero attached hydrogens (tertiary/aromatic N) is 1. The van der Waals surface area contributed by atoms with Gasteiger partial charge >= 0.3 is 0 Å². The SMILES string of the molecule is CCCCCCCCCCCCCCCCCC(C)[n+]1cc[nH]c1C(CC)CCCCCCCCCC. The normalized spacial score (nSPS) is 13.3. The number of imidazole rings is 1. The second-order valence-electron chi connectivity index (χ2n) is 12.2. The molecule has 0 saturated carbocycles. The summed E-state index contributed by atoms with van der Waals surface area (Å²) in [6.45, 7) is 9.42. The van der Waals surface area contributed by atoms with Crippen LogP contribution in [0.15, 0.2) is 12.4 Å². The van der Waals surface area contributed by atoms with Gasteiger partial charge in [0.1, 0.15) is 12.4 Å². The van der Waals surface area contributed by atoms with Crippen molar-refractivity contribution in [1.29, 1.82) is 0 Å². The number of H-pyrrole nitrogens is 1. The molecule has 2 heteroatoms. The summed E-state index contributed by atoms with van der Waals surface area (Å²) in [6.07, 6.45) is 41.4. The van der Waals surface area contributed by atoms with Gasteiger partial charge in [-0.2, -0.15) is 0 Å². The zero-order valence-electron chi connectivity index (χ0n) is 26.1. The standard InChI is InChI=1S/C35H68N2/c1-5-8-10-12-14-16-17-18-19-20-21-22-23-25-27-29-33(4)37-32-31-36-35(37)34(7-3)30-28-26-24-15-13-11-9-6-2/h31-34H,5-30H2,1-4H3/p+1. The van der Waals surface area contributed by atoms with E-state index in [0.29, 0.717) is 12.0 Å². The van der Waals surface area contributed by atoms with Crippen molar-refractivity contribution in [2.75, 3.05) is 0 Å². The van der Waals surface area contributed by atoms with E-state index in [1.807, 2.05) is 0 Å². The Morgan fingerprint density at radius 2 is 0.919 bits per heavy atom. The first-order valence-electron chi connectivity index (χ1n) is 17.3. The number of rotatable bonds is 28. The Balaban J connectivity index is 2.08. The summed E-state index contributed by atoms with van der Waals surface area (Å²) < 4.78 is 2.57. The van der Waals surface area contributed by atoms with E-state index in [2.05, 4.69) is 49.6 Å². The quantitative estimate of drug-likeness (QED) is 0.0842. The summed E-state index contributed by atoms with van der Waals surface area (Å²) in [6, 6.07) is 0.621. The molecule has 0 spiro atoms. The number of hydrogen-bond donors (Lipinski definition) is 1. The Labute approximate surface area is 234 Å². The van der Waals surface area contributed by atoms with Gasteiger partial charge in [0.05, 0.1) is 12.0 Å². The molecule has 0 radical (unpaired) electrons. The number of nitrogens with one attached hydrogen (secondary N) is 1. The Morgan fingerprint density at radius 1 is 0.541 bits per heavy atom. The molecule has 2 nitrogen and oxygen atoms in total. The van der Waals surface area contributed by atoms with Gasteiger partial charge < -0.3 is 0 Å². The second-order valence-corrected chi connectivity index (χ2v) is 12.2. The minimum absolute atomic E-state index is 0.621. The molecule has 0 fully saturated rings. The van der Waals surface area contributed by atoms with Gasteiger partial charge in [0, 0.05) is 0 Å². The highest BCUT2D eigenvalue weighted by Gasteiger charge is 2.24. The first kappa shape index (κ1) is 34.2. The fraction of sp³-hybridized carbons (Fsp3) is 0.914. The average Bonchev–Trinajstić information content (AvgIpc) is 3.40. The van der Waals surface area contributed by atoms with Crippen LogP contribution in [0.1, 0.15) is 212 Å². The highest BCUT2D eigenvalue weighted by molar-refractivity contribution is 4.89. The molecule has 1 aromatic rings. The Kier molecular flexibility index (Phi) is 23.6. The zero-order valence-corrected chi connectivity index (χ0v) is 26.1. The summed E-state index contributed by atoms with van der Waals surface area (Å²) >= 11 is 0. The van der Waals surface area contributed by atoms with Crippen LogP contribution in [-0.4, -0.2) is 4.98 Å². The molecular formula is C35H69N2+. The monoisotopic (exact) mass is 518 g/mol. The van der Waals surface area contributed by atoms with Gasteiger partial charge in [-0.05, 0) is 32.6 Å². The summed E-state index contributed by atoms with van der Waals surface area (Å²) in [4.78, 5) is 3.63. The van der Waals surface area contributed by atoms with Crippen molar-refractivity contribution < 1.29 is 4.57 Å². The fourth-order valence-electron chi connectivity index (χ4n) is 6.08. The number of aromatic amines is 1. The third-order valence-electron chi connectivity index (χ3n) is 8.73. The van der Waals surface area contributed by atoms with Crippen LogP contribution in [0.4, 0.5) is 0 Å². The van der Waals surface area contributed by atoms with Gasteiger partial charge in [0.15, 0.2) is 0 Å². The first-order chi connectivity index (χ1) is 18.2. The highest BCUT2D eigenvalue weighted by atomic mass is 15.1. The van der Waals surface area contributed by atoms with Gasteiger partial charge in [-0.15, -0.1) is 0 Å². The molecule has 1 N–H and O–H groups in total. The summed E-state index contributed by atoms with van der Waals surface area (Å²) in [5, 5.41) is 0. The molecule has 0 aliphatic carbocycles. The van der Waals surface area contributed by atoms with Crippen LogP contribution in [0.5, 0.6) is 0 Å². The Hall–Kier alpha value is -0.790. The first-order valence-corrected chi connectivity index (χ1v) is 17.3. The molecule has 2 atom stereocenters. The fourth-order valence-corrected chi connectivity index (χ4v) is 6.08. The smallest absolute Gasteiger partial charge is 0.247 e. The molecule has 0 aromatic carbocycles. The van der Waals surface area contributed by atoms with Gasteiger partial charge in [0.2, 0.25) is 0 Å². The predicted octanol–water partition coefficient (Wildman–Crippen LogP) is 12.1. The third kappa shape index (κ3) is 18.2. The Morgan fingerprint density at radius 3 is 1.32 bits per heavy atom. The summed E-state index contributed by atoms with van der Waals surface area (Å²) in [5.41, 5.74) is 0. The van der Waals surface area contributed by atoms with E-state index < -0.39 is 0 Å². The Bertz CT molecular complexity index is 578. The average molecular weight is 518 g/mol.